The summed E-state index contributed by atoms with van der Waals surface area (Å²) in [6.45, 7) is 5.03. The van der Waals surface area contributed by atoms with Crippen molar-refractivity contribution in [3.63, 3.8) is 0 Å². The number of esters is 2. The zero-order chi connectivity index (χ0) is 40.0. The lowest BCUT2D eigenvalue weighted by Gasteiger charge is -2.63. The number of H-pyrrole nitrogens is 1. The molecule has 18 heteroatoms. The van der Waals surface area contributed by atoms with E-state index in [1.165, 1.54) is 19.1 Å². The number of ketones is 2. The van der Waals surface area contributed by atoms with Gasteiger partial charge in [0.15, 0.2) is 29.4 Å². The molecule has 6 aliphatic rings. The van der Waals surface area contributed by atoms with Gasteiger partial charge in [-0.15, -0.1) is 0 Å². The highest BCUT2D eigenvalue weighted by Crippen LogP contribution is 2.72. The molecule has 3 saturated carbocycles. The van der Waals surface area contributed by atoms with Crippen LogP contribution in [0.5, 0.6) is 0 Å². The van der Waals surface area contributed by atoms with E-state index in [1.807, 2.05) is 0 Å². The molecule has 0 amide bonds. The van der Waals surface area contributed by atoms with Gasteiger partial charge >= 0.3 is 17.6 Å². The number of halogens is 3. The van der Waals surface area contributed by atoms with Crippen molar-refractivity contribution in [1.82, 2.24) is 9.55 Å². The second kappa shape index (κ2) is 13.3. The van der Waals surface area contributed by atoms with Crippen LogP contribution in [0.15, 0.2) is 39.6 Å². The lowest BCUT2D eigenvalue weighted by atomic mass is 9.44. The summed E-state index contributed by atoms with van der Waals surface area (Å²) in [6.07, 6.45) is -5.36. The molecule has 1 aromatic rings. The summed E-state index contributed by atoms with van der Waals surface area (Å²) in [7, 11) is 0. The fourth-order valence-electron chi connectivity index (χ4n) is 10.3. The summed E-state index contributed by atoms with van der Waals surface area (Å²) in [5.41, 5.74) is -9.38. The topological polar surface area (TPSA) is 210 Å². The van der Waals surface area contributed by atoms with Crippen molar-refractivity contribution in [2.24, 2.45) is 22.7 Å². The maximum absolute atomic E-state index is 17.6. The number of aliphatic hydroxyl groups is 2. The maximum Gasteiger partial charge on any atom is 0.330 e. The Bertz CT molecular complexity index is 2000. The van der Waals surface area contributed by atoms with Gasteiger partial charge in [0.25, 0.3) is 5.56 Å². The second-order valence-electron chi connectivity index (χ2n) is 16.3. The standard InChI is InChI=1S/C37H43F3N2O13/c1-33(2)54-27-11-18-19-10-21(38)20-9-17(43)7-8-34(20,3)36(19,40)25(45)13-35(18,4)37(27,55-33)26(46)16-52-30(48)6-5-29(47)51-15-24-23(44)12-28(53-24)42-14-22(39)31(49)41-32(42)50/h7-9,14,18-19,21,23-25,27-28,44-45H,5-6,10-13,15-16H2,1-4H3,(H,41,49,50)/t18?,19?,21-,23?,24?,25-,27+,28?,34?,35?,36-,37+/m0/s1. The molecule has 3 heterocycles. The number of aromatic nitrogens is 2. The summed E-state index contributed by atoms with van der Waals surface area (Å²) >= 11 is 0. The number of hydrogen-bond acceptors (Lipinski definition) is 13. The SMILES string of the molecule is CC1(C)O[C@@H]2CC3C4C[C@H](F)C5=CC(=O)C=CC5(C)[C@@]4(F)[C@@H](O)CC3(C)[C@]2(C(=O)COC(=O)CCC(=O)OCC2OC(n3cc(F)c(=O)[nH]c3=O)CC2O)O1. The lowest BCUT2D eigenvalue weighted by molar-refractivity contribution is -0.249. The van der Waals surface area contributed by atoms with Gasteiger partial charge in [-0.3, -0.25) is 33.5 Å². The number of Topliss-reactive ketones (excluding diaryl/α,β-unsaturated/α-hetero) is 1. The number of hydrogen-bond donors (Lipinski definition) is 3. The number of nitrogens with zero attached hydrogens (tertiary/aromatic N) is 1. The third-order valence-electron chi connectivity index (χ3n) is 12.8. The highest BCUT2D eigenvalue weighted by molar-refractivity contribution is 6.01. The van der Waals surface area contributed by atoms with Gasteiger partial charge in [-0.05, 0) is 63.7 Å². The molecular weight excluding hydrogens is 737 g/mol. The molecule has 7 unspecified atom stereocenters. The first-order chi connectivity index (χ1) is 25.7. The van der Waals surface area contributed by atoms with E-state index in [2.05, 4.69) is 0 Å². The molecule has 2 aliphatic heterocycles. The van der Waals surface area contributed by atoms with Crippen molar-refractivity contribution in [1.29, 1.82) is 0 Å². The zero-order valence-corrected chi connectivity index (χ0v) is 30.6. The van der Waals surface area contributed by atoms with E-state index in [4.69, 9.17) is 23.7 Å². The van der Waals surface area contributed by atoms with Crippen LogP contribution in [0.2, 0.25) is 0 Å². The van der Waals surface area contributed by atoms with E-state index in [0.717, 1.165) is 10.6 Å². The minimum atomic E-state index is -2.39. The molecule has 0 bridgehead atoms. The van der Waals surface area contributed by atoms with Crippen molar-refractivity contribution in [2.75, 3.05) is 13.2 Å². The highest BCUT2D eigenvalue weighted by Gasteiger charge is 2.80. The van der Waals surface area contributed by atoms with Crippen LogP contribution in [0.4, 0.5) is 13.2 Å². The number of alkyl halides is 2. The van der Waals surface area contributed by atoms with Crippen LogP contribution in [0.25, 0.3) is 0 Å². The average molecular weight is 781 g/mol. The largest absolute Gasteiger partial charge is 0.463 e. The molecule has 0 aromatic carbocycles. The van der Waals surface area contributed by atoms with Crippen LogP contribution >= 0.6 is 0 Å². The summed E-state index contributed by atoms with van der Waals surface area (Å²) < 4.78 is 76.5. The number of aromatic amines is 1. The summed E-state index contributed by atoms with van der Waals surface area (Å²) in [6, 6.07) is 0. The Morgan fingerprint density at radius 1 is 1.02 bits per heavy atom. The third-order valence-corrected chi connectivity index (χ3v) is 12.8. The molecule has 15 nitrogen and oxygen atoms in total. The van der Waals surface area contributed by atoms with E-state index in [1.54, 1.807) is 25.8 Å². The van der Waals surface area contributed by atoms with Crippen molar-refractivity contribution in [3.05, 3.63) is 56.7 Å². The lowest BCUT2D eigenvalue weighted by Crippen LogP contribution is -2.71. The first-order valence-electron chi connectivity index (χ1n) is 18.2. The molecule has 0 spiro atoms. The minimum absolute atomic E-state index is 0.0358. The molecule has 4 aliphatic carbocycles. The second-order valence-corrected chi connectivity index (χ2v) is 16.3. The average Bonchev–Trinajstić information content (AvgIpc) is 3.70. The normalized spacial score (nSPS) is 41.1. The van der Waals surface area contributed by atoms with Gasteiger partial charge in [0.05, 0.1) is 37.4 Å². The number of nitrogens with one attached hydrogen (secondary N) is 1. The van der Waals surface area contributed by atoms with E-state index in [9.17, 15) is 43.4 Å². The number of allylic oxidation sites excluding steroid dienone is 4. The number of aliphatic hydroxyl groups excluding tert-OH is 2. The Morgan fingerprint density at radius 3 is 2.42 bits per heavy atom. The smallest absolute Gasteiger partial charge is 0.330 e. The van der Waals surface area contributed by atoms with Gasteiger partial charge in [0.2, 0.25) is 11.6 Å². The monoisotopic (exact) mass is 780 g/mol. The van der Waals surface area contributed by atoms with Crippen molar-refractivity contribution >= 4 is 23.5 Å². The van der Waals surface area contributed by atoms with E-state index in [-0.39, 0.29) is 31.3 Å². The quantitative estimate of drug-likeness (QED) is 0.305. The number of carbonyl (C=O) groups is 4. The summed E-state index contributed by atoms with van der Waals surface area (Å²) in [5.74, 6) is -7.39. The van der Waals surface area contributed by atoms with E-state index >= 15 is 8.78 Å². The molecule has 12 atom stereocenters. The Hall–Kier alpha value is -3.97. The van der Waals surface area contributed by atoms with Gasteiger partial charge < -0.3 is 33.9 Å². The highest BCUT2D eigenvalue weighted by atomic mass is 19.1. The summed E-state index contributed by atoms with van der Waals surface area (Å²) in [4.78, 5) is 76.8. The first kappa shape index (κ1) is 39.3. The molecule has 5 fully saturated rings. The molecule has 55 heavy (non-hydrogen) atoms. The van der Waals surface area contributed by atoms with Crippen LogP contribution in [0.3, 0.4) is 0 Å². The minimum Gasteiger partial charge on any atom is -0.463 e. The zero-order valence-electron chi connectivity index (χ0n) is 30.6. The van der Waals surface area contributed by atoms with Crippen LogP contribution in [0.1, 0.15) is 72.4 Å². The molecule has 2 saturated heterocycles. The Morgan fingerprint density at radius 2 is 1.71 bits per heavy atom. The molecule has 0 radical (unpaired) electrons. The van der Waals surface area contributed by atoms with Crippen molar-refractivity contribution in [2.45, 2.75) is 120 Å². The van der Waals surface area contributed by atoms with E-state index < -0.39 is 143 Å². The number of rotatable bonds is 9. The fourth-order valence-corrected chi connectivity index (χ4v) is 10.3. The Labute approximate surface area is 311 Å². The fraction of sp³-hybridized carbons (Fsp3) is 0.676. The van der Waals surface area contributed by atoms with Gasteiger partial charge in [-0.1, -0.05) is 13.0 Å². The molecule has 1 aromatic heterocycles. The molecule has 300 valence electrons. The Balaban J connectivity index is 0.987. The predicted molar refractivity (Wildman–Crippen MR) is 179 cm³/mol. The van der Waals surface area contributed by atoms with Gasteiger partial charge in [-0.2, -0.15) is 4.39 Å². The van der Waals surface area contributed by atoms with Crippen molar-refractivity contribution in [3.8, 4) is 0 Å². The van der Waals surface area contributed by atoms with Gasteiger partial charge in [0, 0.05) is 23.2 Å². The van der Waals surface area contributed by atoms with Crippen LogP contribution < -0.4 is 11.2 Å². The number of carbonyl (C=O) groups excluding carboxylic acids is 4. The van der Waals surface area contributed by atoms with E-state index in [0.29, 0.717) is 6.20 Å². The third kappa shape index (κ3) is 5.97. The van der Waals surface area contributed by atoms with Crippen LogP contribution in [0, 0.1) is 28.5 Å². The molecule has 7 rings (SSSR count). The van der Waals surface area contributed by atoms with Gasteiger partial charge in [-0.25, -0.2) is 13.6 Å². The summed E-state index contributed by atoms with van der Waals surface area (Å²) in [5, 5.41) is 22.0. The number of ether oxygens (including phenoxy) is 5. The Kier molecular flexibility index (Phi) is 9.51. The molecular formula is C37H43F3N2O13. The predicted octanol–water partition coefficient (Wildman–Crippen LogP) is 1.58. The van der Waals surface area contributed by atoms with Crippen molar-refractivity contribution < 1.29 is 66.2 Å². The molecule has 3 N–H and O–H groups in total. The van der Waals surface area contributed by atoms with Gasteiger partial charge in [0.1, 0.15) is 25.1 Å². The number of fused-ring (bicyclic) bond motifs is 7. The maximum atomic E-state index is 17.6. The first-order valence-corrected chi connectivity index (χ1v) is 18.2. The van der Waals surface area contributed by atoms with Crippen LogP contribution in [-0.4, -0.2) is 104 Å². The van der Waals surface area contributed by atoms with Crippen LogP contribution in [-0.2, 0) is 42.9 Å².